The van der Waals surface area contributed by atoms with Gasteiger partial charge in [-0.2, -0.15) is 0 Å². The van der Waals surface area contributed by atoms with Crippen molar-refractivity contribution in [1.29, 1.82) is 0 Å². The highest BCUT2D eigenvalue weighted by Crippen LogP contribution is 2.29. The van der Waals surface area contributed by atoms with Crippen LogP contribution in [0.2, 0.25) is 0 Å². The van der Waals surface area contributed by atoms with Gasteiger partial charge in [0.1, 0.15) is 6.04 Å². The van der Waals surface area contributed by atoms with Gasteiger partial charge in [-0.25, -0.2) is 0 Å². The summed E-state index contributed by atoms with van der Waals surface area (Å²) >= 11 is 0. The monoisotopic (exact) mass is 290 g/mol. The van der Waals surface area contributed by atoms with Crippen molar-refractivity contribution < 1.29 is 14.7 Å². The Balaban J connectivity index is 1.96. The van der Waals surface area contributed by atoms with Crippen molar-refractivity contribution in [2.75, 3.05) is 0 Å². The zero-order valence-corrected chi connectivity index (χ0v) is 12.4. The molecule has 0 spiro atoms. The molecule has 5 heteroatoms. The number of carbonyl (C=O) groups excluding carboxylic acids is 2. The molecule has 3 atom stereocenters. The normalized spacial score (nSPS) is 18.4. The van der Waals surface area contributed by atoms with Crippen LogP contribution in [0.5, 0.6) is 0 Å². The second-order valence-electron chi connectivity index (χ2n) is 5.64. The summed E-state index contributed by atoms with van der Waals surface area (Å²) < 4.78 is 0. The van der Waals surface area contributed by atoms with E-state index in [4.69, 9.17) is 0 Å². The van der Waals surface area contributed by atoms with Crippen molar-refractivity contribution in [2.45, 2.75) is 44.9 Å². The molecule has 0 heterocycles. The second-order valence-corrected chi connectivity index (χ2v) is 5.64. The molecule has 1 saturated carbocycles. The molecule has 0 bridgehead atoms. The Morgan fingerprint density at radius 1 is 1.14 bits per heavy atom. The summed E-state index contributed by atoms with van der Waals surface area (Å²) in [7, 11) is 0. The average molecular weight is 290 g/mol. The quantitative estimate of drug-likeness (QED) is 0.735. The first-order chi connectivity index (χ1) is 9.99. The third kappa shape index (κ3) is 4.29. The van der Waals surface area contributed by atoms with Crippen LogP contribution in [0, 0.1) is 5.92 Å². The van der Waals surface area contributed by atoms with Crippen molar-refractivity contribution in [3.63, 3.8) is 0 Å². The lowest BCUT2D eigenvalue weighted by Gasteiger charge is -2.23. The first-order valence-corrected chi connectivity index (χ1v) is 7.33. The molecule has 3 N–H and O–H groups in total. The number of aliphatic hydroxyl groups excluding tert-OH is 1. The zero-order valence-electron chi connectivity index (χ0n) is 12.4. The van der Waals surface area contributed by atoms with Crippen LogP contribution >= 0.6 is 0 Å². The molecule has 2 amide bonds. The SMILES string of the molecule is CC(O)C(NC(=O)C1CC1)C(=O)N[C@@H](C)c1ccccc1. The van der Waals surface area contributed by atoms with E-state index in [-0.39, 0.29) is 23.8 Å². The van der Waals surface area contributed by atoms with Crippen LogP contribution in [0.1, 0.15) is 38.3 Å². The lowest BCUT2D eigenvalue weighted by molar-refractivity contribution is -0.132. The van der Waals surface area contributed by atoms with Crippen molar-refractivity contribution in [1.82, 2.24) is 10.6 Å². The maximum absolute atomic E-state index is 12.3. The van der Waals surface area contributed by atoms with Crippen molar-refractivity contribution >= 4 is 11.8 Å². The molecule has 0 radical (unpaired) electrons. The number of rotatable bonds is 6. The minimum absolute atomic E-state index is 0.00518. The van der Waals surface area contributed by atoms with Crippen LogP contribution in [-0.2, 0) is 9.59 Å². The van der Waals surface area contributed by atoms with E-state index in [0.717, 1.165) is 18.4 Å². The largest absolute Gasteiger partial charge is 0.391 e. The predicted molar refractivity (Wildman–Crippen MR) is 79.3 cm³/mol. The van der Waals surface area contributed by atoms with E-state index >= 15 is 0 Å². The molecule has 5 nitrogen and oxygen atoms in total. The lowest BCUT2D eigenvalue weighted by Crippen LogP contribution is -2.53. The molecule has 1 aromatic carbocycles. The van der Waals surface area contributed by atoms with Gasteiger partial charge in [-0.05, 0) is 32.3 Å². The zero-order chi connectivity index (χ0) is 15.4. The number of aliphatic hydroxyl groups is 1. The van der Waals surface area contributed by atoms with E-state index in [1.807, 2.05) is 37.3 Å². The van der Waals surface area contributed by atoms with Crippen LogP contribution in [0.4, 0.5) is 0 Å². The summed E-state index contributed by atoms with van der Waals surface area (Å²) in [6.45, 7) is 3.37. The van der Waals surface area contributed by atoms with E-state index < -0.39 is 12.1 Å². The molecule has 1 aliphatic carbocycles. The van der Waals surface area contributed by atoms with Crippen molar-refractivity contribution in [3.8, 4) is 0 Å². The Labute approximate surface area is 124 Å². The van der Waals surface area contributed by atoms with Crippen LogP contribution in [0.15, 0.2) is 30.3 Å². The molecular weight excluding hydrogens is 268 g/mol. The highest BCUT2D eigenvalue weighted by atomic mass is 16.3. The van der Waals surface area contributed by atoms with Gasteiger partial charge in [0.25, 0.3) is 0 Å². The van der Waals surface area contributed by atoms with E-state index in [9.17, 15) is 14.7 Å². The number of amides is 2. The molecule has 21 heavy (non-hydrogen) atoms. The fourth-order valence-corrected chi connectivity index (χ4v) is 2.15. The van der Waals surface area contributed by atoms with Gasteiger partial charge in [0.2, 0.25) is 11.8 Å². The van der Waals surface area contributed by atoms with Crippen LogP contribution in [0.3, 0.4) is 0 Å². The van der Waals surface area contributed by atoms with Crippen molar-refractivity contribution in [2.24, 2.45) is 5.92 Å². The second kappa shape index (κ2) is 6.72. The highest BCUT2D eigenvalue weighted by Gasteiger charge is 2.34. The summed E-state index contributed by atoms with van der Waals surface area (Å²) in [5, 5.41) is 15.2. The topological polar surface area (TPSA) is 78.4 Å². The van der Waals surface area contributed by atoms with Gasteiger partial charge in [-0.3, -0.25) is 9.59 Å². The summed E-state index contributed by atoms with van der Waals surface area (Å²) in [5.74, 6) is -0.510. The van der Waals surface area contributed by atoms with Gasteiger partial charge < -0.3 is 15.7 Å². The van der Waals surface area contributed by atoms with Gasteiger partial charge in [-0.1, -0.05) is 30.3 Å². The maximum Gasteiger partial charge on any atom is 0.245 e. The summed E-state index contributed by atoms with van der Waals surface area (Å²) in [6.07, 6.45) is 0.788. The molecule has 0 aromatic heterocycles. The van der Waals surface area contributed by atoms with Gasteiger partial charge in [0, 0.05) is 5.92 Å². The molecule has 1 fully saturated rings. The minimum atomic E-state index is -0.935. The van der Waals surface area contributed by atoms with Crippen LogP contribution in [-0.4, -0.2) is 29.1 Å². The Bertz CT molecular complexity index is 498. The van der Waals surface area contributed by atoms with Gasteiger partial charge in [-0.15, -0.1) is 0 Å². The number of nitrogens with one attached hydrogen (secondary N) is 2. The summed E-state index contributed by atoms with van der Waals surface area (Å²) in [4.78, 5) is 24.0. The first-order valence-electron chi connectivity index (χ1n) is 7.33. The molecule has 0 aliphatic heterocycles. The maximum atomic E-state index is 12.3. The standard InChI is InChI=1S/C16H22N2O3/c1-10(12-6-4-3-5-7-12)17-16(21)14(11(2)19)18-15(20)13-8-9-13/h3-7,10-11,13-14,19H,8-9H2,1-2H3,(H,17,21)(H,18,20)/t10-,11?,14?/m0/s1. The van der Waals surface area contributed by atoms with Gasteiger partial charge in [0.15, 0.2) is 0 Å². The van der Waals surface area contributed by atoms with Crippen LogP contribution in [0.25, 0.3) is 0 Å². The van der Waals surface area contributed by atoms with E-state index in [0.29, 0.717) is 0 Å². The molecule has 2 unspecified atom stereocenters. The molecule has 0 saturated heterocycles. The molecule has 1 aromatic rings. The smallest absolute Gasteiger partial charge is 0.245 e. The van der Waals surface area contributed by atoms with Gasteiger partial charge in [0.05, 0.1) is 12.1 Å². The Hall–Kier alpha value is -1.88. The van der Waals surface area contributed by atoms with E-state index in [1.165, 1.54) is 6.92 Å². The number of carbonyl (C=O) groups is 2. The first kappa shape index (κ1) is 15.5. The molecule has 1 aliphatic rings. The fraction of sp³-hybridized carbons (Fsp3) is 0.500. The number of hydrogen-bond acceptors (Lipinski definition) is 3. The molecular formula is C16H22N2O3. The molecule has 114 valence electrons. The average Bonchev–Trinajstić information content (AvgIpc) is 3.29. The minimum Gasteiger partial charge on any atom is -0.391 e. The Morgan fingerprint density at radius 2 is 1.76 bits per heavy atom. The Kier molecular flexibility index (Phi) is 4.96. The summed E-state index contributed by atoms with van der Waals surface area (Å²) in [6, 6.07) is 8.46. The number of benzene rings is 1. The highest BCUT2D eigenvalue weighted by molar-refractivity contribution is 5.89. The van der Waals surface area contributed by atoms with E-state index in [1.54, 1.807) is 0 Å². The summed E-state index contributed by atoms with van der Waals surface area (Å²) in [5.41, 5.74) is 0.976. The van der Waals surface area contributed by atoms with Crippen molar-refractivity contribution in [3.05, 3.63) is 35.9 Å². The van der Waals surface area contributed by atoms with Gasteiger partial charge >= 0.3 is 0 Å². The van der Waals surface area contributed by atoms with Crippen LogP contribution < -0.4 is 10.6 Å². The third-order valence-corrected chi connectivity index (χ3v) is 3.67. The number of hydrogen-bond donors (Lipinski definition) is 3. The predicted octanol–water partition coefficient (Wildman–Crippen LogP) is 1.14. The third-order valence-electron chi connectivity index (χ3n) is 3.67. The molecule has 2 rings (SSSR count). The van der Waals surface area contributed by atoms with E-state index in [2.05, 4.69) is 10.6 Å². The lowest BCUT2D eigenvalue weighted by atomic mass is 10.1. The fourth-order valence-electron chi connectivity index (χ4n) is 2.15. The Morgan fingerprint density at radius 3 is 2.29 bits per heavy atom.